The number of anilines is 2. The van der Waals surface area contributed by atoms with Gasteiger partial charge in [-0.05, 0) is 35.2 Å². The molecule has 1 amide bonds. The molecule has 25 heavy (non-hydrogen) atoms. The quantitative estimate of drug-likeness (QED) is 0.544. The molecular weight excluding hydrogens is 386 g/mol. The number of unbranched alkanes of at least 4 members (excludes halogenated alkanes) is 1. The maximum Gasteiger partial charge on any atom is 0.404 e. The highest BCUT2D eigenvalue weighted by Crippen LogP contribution is 2.38. The molecule has 3 rings (SSSR count). The highest BCUT2D eigenvalue weighted by molar-refractivity contribution is 9.10. The Balaban J connectivity index is 1.92. The molecule has 0 aliphatic carbocycles. The molecule has 2 aromatic rings. The molecule has 136 valence electrons. The van der Waals surface area contributed by atoms with Gasteiger partial charge in [-0.1, -0.05) is 13.3 Å². The summed E-state index contributed by atoms with van der Waals surface area (Å²) in [5.41, 5.74) is 2.95. The number of nitrogens with one attached hydrogen (secondary N) is 3. The third kappa shape index (κ3) is 4.00. The standard InChI is InChI=1S/C17H24BrN5O2/c1-2-3-6-19-13-9-21-16-14(13)15(12(18)8-20-16)23-7-4-5-11(10-23)22-17(24)25/h8-9,11,19,22H,2-7,10H2,1H3,(H,20,21)(H,24,25). The summed E-state index contributed by atoms with van der Waals surface area (Å²) < 4.78 is 0.925. The van der Waals surface area contributed by atoms with Crippen LogP contribution in [0.15, 0.2) is 16.9 Å². The first-order valence-electron chi connectivity index (χ1n) is 8.74. The Bertz CT molecular complexity index is 748. The van der Waals surface area contributed by atoms with E-state index in [2.05, 4.69) is 48.4 Å². The third-order valence-corrected chi connectivity index (χ3v) is 5.12. The minimum atomic E-state index is -0.964. The van der Waals surface area contributed by atoms with Gasteiger partial charge in [0.15, 0.2) is 0 Å². The minimum absolute atomic E-state index is 0.0585. The summed E-state index contributed by atoms with van der Waals surface area (Å²) in [5, 5.41) is 16.2. The first-order valence-corrected chi connectivity index (χ1v) is 9.53. The lowest BCUT2D eigenvalue weighted by atomic mass is 10.0. The smallest absolute Gasteiger partial charge is 0.404 e. The number of fused-ring (bicyclic) bond motifs is 1. The number of halogens is 1. The van der Waals surface area contributed by atoms with Gasteiger partial charge in [-0.15, -0.1) is 0 Å². The fourth-order valence-electron chi connectivity index (χ4n) is 3.38. The number of aromatic amines is 1. The molecule has 8 heteroatoms. The van der Waals surface area contributed by atoms with E-state index in [9.17, 15) is 4.79 Å². The number of rotatable bonds is 6. The van der Waals surface area contributed by atoms with Crippen LogP contribution >= 0.6 is 15.9 Å². The third-order valence-electron chi connectivity index (χ3n) is 4.54. The Hall–Kier alpha value is -1.96. The van der Waals surface area contributed by atoms with E-state index >= 15 is 0 Å². The van der Waals surface area contributed by atoms with Crippen molar-refractivity contribution in [3.63, 3.8) is 0 Å². The van der Waals surface area contributed by atoms with Gasteiger partial charge < -0.3 is 25.6 Å². The Morgan fingerprint density at radius 1 is 1.56 bits per heavy atom. The van der Waals surface area contributed by atoms with Crippen molar-refractivity contribution < 1.29 is 9.90 Å². The Morgan fingerprint density at radius 3 is 3.16 bits per heavy atom. The second-order valence-electron chi connectivity index (χ2n) is 6.40. The number of piperidine rings is 1. The van der Waals surface area contributed by atoms with Gasteiger partial charge in [0.2, 0.25) is 0 Å². The van der Waals surface area contributed by atoms with Gasteiger partial charge in [-0.2, -0.15) is 0 Å². The van der Waals surface area contributed by atoms with Crippen LogP contribution in [0.2, 0.25) is 0 Å². The van der Waals surface area contributed by atoms with Gasteiger partial charge >= 0.3 is 6.09 Å². The zero-order valence-electron chi connectivity index (χ0n) is 14.3. The number of H-pyrrole nitrogens is 1. The highest BCUT2D eigenvalue weighted by Gasteiger charge is 2.25. The first-order chi connectivity index (χ1) is 12.1. The van der Waals surface area contributed by atoms with E-state index < -0.39 is 6.09 Å². The molecule has 0 aromatic carbocycles. The van der Waals surface area contributed by atoms with Gasteiger partial charge in [0, 0.05) is 38.1 Å². The van der Waals surface area contributed by atoms with Crippen LogP contribution < -0.4 is 15.5 Å². The van der Waals surface area contributed by atoms with Gasteiger partial charge in [0.1, 0.15) is 5.65 Å². The van der Waals surface area contributed by atoms with E-state index in [1.54, 1.807) is 6.20 Å². The lowest BCUT2D eigenvalue weighted by Crippen LogP contribution is -2.47. The SMILES string of the molecule is CCCCNc1c[nH]c2ncc(Br)c(N3CCCC(NC(=O)O)C3)c12. The predicted molar refractivity (Wildman–Crippen MR) is 104 cm³/mol. The summed E-state index contributed by atoms with van der Waals surface area (Å²) in [6.45, 7) is 4.64. The van der Waals surface area contributed by atoms with Crippen LogP contribution in [-0.4, -0.2) is 46.8 Å². The largest absolute Gasteiger partial charge is 0.465 e. The van der Waals surface area contributed by atoms with Crippen molar-refractivity contribution in [2.75, 3.05) is 29.9 Å². The van der Waals surface area contributed by atoms with Gasteiger partial charge in [0.05, 0.1) is 21.2 Å². The van der Waals surface area contributed by atoms with Crippen molar-refractivity contribution in [1.82, 2.24) is 15.3 Å². The summed E-state index contributed by atoms with van der Waals surface area (Å²) in [5.74, 6) is 0. The van der Waals surface area contributed by atoms with Crippen LogP contribution in [0.3, 0.4) is 0 Å². The van der Waals surface area contributed by atoms with Gasteiger partial charge in [0.25, 0.3) is 0 Å². The summed E-state index contributed by atoms with van der Waals surface area (Å²) in [4.78, 5) is 20.9. The number of carboxylic acid groups (broad SMARTS) is 1. The van der Waals surface area contributed by atoms with Gasteiger partial charge in [-0.3, -0.25) is 0 Å². The van der Waals surface area contributed by atoms with Crippen LogP contribution in [0.5, 0.6) is 0 Å². The second kappa shape index (κ2) is 7.95. The van der Waals surface area contributed by atoms with Crippen LogP contribution in [0.4, 0.5) is 16.2 Å². The first kappa shape index (κ1) is 17.8. The van der Waals surface area contributed by atoms with Crippen LogP contribution in [0.25, 0.3) is 11.0 Å². The van der Waals surface area contributed by atoms with E-state index in [0.717, 1.165) is 65.7 Å². The van der Waals surface area contributed by atoms with Crippen molar-refractivity contribution in [3.8, 4) is 0 Å². The number of amides is 1. The predicted octanol–water partition coefficient (Wildman–Crippen LogP) is 3.77. The lowest BCUT2D eigenvalue weighted by Gasteiger charge is -2.35. The summed E-state index contributed by atoms with van der Waals surface area (Å²) in [6.07, 6.45) is 6.86. The summed E-state index contributed by atoms with van der Waals surface area (Å²) in [7, 11) is 0. The molecule has 0 bridgehead atoms. The van der Waals surface area contributed by atoms with Crippen molar-refractivity contribution in [1.29, 1.82) is 0 Å². The normalized spacial score (nSPS) is 17.7. The molecule has 1 aliphatic rings. The van der Waals surface area contributed by atoms with E-state index in [0.29, 0.717) is 6.54 Å². The summed E-state index contributed by atoms with van der Waals surface area (Å²) in [6, 6.07) is -0.0585. The van der Waals surface area contributed by atoms with Crippen LogP contribution in [-0.2, 0) is 0 Å². The van der Waals surface area contributed by atoms with Crippen LogP contribution in [0, 0.1) is 0 Å². The molecule has 4 N–H and O–H groups in total. The number of carbonyl (C=O) groups is 1. The molecule has 7 nitrogen and oxygen atoms in total. The zero-order valence-corrected chi connectivity index (χ0v) is 15.9. The summed E-state index contributed by atoms with van der Waals surface area (Å²) >= 11 is 3.64. The van der Waals surface area contributed by atoms with Crippen molar-refractivity contribution in [2.45, 2.75) is 38.6 Å². The molecule has 1 unspecified atom stereocenters. The molecule has 1 atom stereocenters. The molecule has 0 saturated carbocycles. The topological polar surface area (TPSA) is 93.3 Å². The maximum atomic E-state index is 11.0. The second-order valence-corrected chi connectivity index (χ2v) is 7.25. The van der Waals surface area contributed by atoms with Crippen molar-refractivity contribution >= 4 is 44.4 Å². The molecule has 2 aromatic heterocycles. The highest BCUT2D eigenvalue weighted by atomic mass is 79.9. The Kier molecular flexibility index (Phi) is 5.67. The average molecular weight is 410 g/mol. The monoisotopic (exact) mass is 409 g/mol. The van der Waals surface area contributed by atoms with E-state index in [4.69, 9.17) is 5.11 Å². The maximum absolute atomic E-state index is 11.0. The lowest BCUT2D eigenvalue weighted by molar-refractivity contribution is 0.188. The average Bonchev–Trinajstić information content (AvgIpc) is 2.98. The number of aromatic nitrogens is 2. The van der Waals surface area contributed by atoms with E-state index in [1.807, 2.05) is 6.20 Å². The van der Waals surface area contributed by atoms with Crippen molar-refractivity contribution in [3.05, 3.63) is 16.9 Å². The Morgan fingerprint density at radius 2 is 2.40 bits per heavy atom. The molecule has 1 fully saturated rings. The number of pyridine rings is 1. The fraction of sp³-hybridized carbons (Fsp3) is 0.529. The van der Waals surface area contributed by atoms with Crippen molar-refractivity contribution in [2.24, 2.45) is 0 Å². The molecule has 0 spiro atoms. The van der Waals surface area contributed by atoms with E-state index in [1.165, 1.54) is 0 Å². The minimum Gasteiger partial charge on any atom is -0.465 e. The Labute approximate surface area is 155 Å². The molecule has 1 saturated heterocycles. The van der Waals surface area contributed by atoms with Gasteiger partial charge in [-0.25, -0.2) is 9.78 Å². The number of hydrogen-bond acceptors (Lipinski definition) is 4. The zero-order chi connectivity index (χ0) is 17.8. The molecular formula is C17H24BrN5O2. The van der Waals surface area contributed by atoms with E-state index in [-0.39, 0.29) is 6.04 Å². The molecule has 1 aliphatic heterocycles. The molecule has 3 heterocycles. The number of hydrogen-bond donors (Lipinski definition) is 4. The molecule has 0 radical (unpaired) electrons. The number of nitrogens with zero attached hydrogens (tertiary/aromatic N) is 2. The fourth-order valence-corrected chi connectivity index (χ4v) is 3.93. The van der Waals surface area contributed by atoms with Crippen LogP contribution in [0.1, 0.15) is 32.6 Å².